The van der Waals surface area contributed by atoms with Crippen LogP contribution in [0.15, 0.2) is 24.3 Å². The molecule has 5 nitrogen and oxygen atoms in total. The van der Waals surface area contributed by atoms with Crippen LogP contribution >= 0.6 is 0 Å². The third kappa shape index (κ3) is 4.28. The van der Waals surface area contributed by atoms with Gasteiger partial charge in [-0.25, -0.2) is 4.79 Å². The van der Waals surface area contributed by atoms with Crippen LogP contribution in [0.3, 0.4) is 0 Å². The smallest absolute Gasteiger partial charge is 0.328 e. The number of anilines is 1. The van der Waals surface area contributed by atoms with Crippen molar-refractivity contribution < 1.29 is 14.3 Å². The molecular weight excluding hydrogens is 244 g/mol. The second kappa shape index (κ2) is 6.78. The summed E-state index contributed by atoms with van der Waals surface area (Å²) in [5.41, 5.74) is 7.08. The molecule has 5 heteroatoms. The zero-order valence-electron chi connectivity index (χ0n) is 11.5. The molecule has 3 N–H and O–H groups in total. The molecule has 0 saturated heterocycles. The first-order chi connectivity index (χ1) is 8.95. The molecule has 0 aliphatic carbocycles. The van der Waals surface area contributed by atoms with E-state index in [1.54, 1.807) is 12.1 Å². The highest BCUT2D eigenvalue weighted by Crippen LogP contribution is 2.11. The summed E-state index contributed by atoms with van der Waals surface area (Å²) < 4.78 is 4.67. The summed E-state index contributed by atoms with van der Waals surface area (Å²) in [4.78, 5) is 23.5. The van der Waals surface area contributed by atoms with E-state index in [0.717, 1.165) is 5.56 Å². The van der Waals surface area contributed by atoms with E-state index in [-0.39, 0.29) is 18.2 Å². The molecular formula is C14H20N2O3. The van der Waals surface area contributed by atoms with Crippen LogP contribution in [0.1, 0.15) is 19.4 Å². The Balaban J connectivity index is 2.68. The van der Waals surface area contributed by atoms with Crippen molar-refractivity contribution in [1.29, 1.82) is 0 Å². The largest absolute Gasteiger partial charge is 0.467 e. The highest BCUT2D eigenvalue weighted by atomic mass is 16.5. The fourth-order valence-corrected chi connectivity index (χ4v) is 1.72. The van der Waals surface area contributed by atoms with Gasteiger partial charge in [0.05, 0.1) is 13.5 Å². The van der Waals surface area contributed by atoms with Gasteiger partial charge in [-0.3, -0.25) is 4.79 Å². The molecule has 0 spiro atoms. The molecule has 1 atom stereocenters. The van der Waals surface area contributed by atoms with E-state index in [4.69, 9.17) is 5.73 Å². The molecule has 0 aliphatic heterocycles. The number of carbonyl (C=O) groups is 2. The lowest BCUT2D eigenvalue weighted by atomic mass is 10.0. The van der Waals surface area contributed by atoms with E-state index in [1.807, 2.05) is 26.0 Å². The number of methoxy groups -OCH3 is 1. The molecule has 0 heterocycles. The number of hydrogen-bond donors (Lipinski definition) is 2. The number of benzene rings is 1. The number of esters is 1. The molecule has 1 amide bonds. The number of para-hydroxylation sites is 1. The normalized spacial score (nSPS) is 12.0. The molecule has 0 radical (unpaired) electrons. The molecule has 0 bridgehead atoms. The first-order valence-electron chi connectivity index (χ1n) is 6.16. The minimum atomic E-state index is -0.637. The monoisotopic (exact) mass is 264 g/mol. The van der Waals surface area contributed by atoms with E-state index >= 15 is 0 Å². The predicted molar refractivity (Wildman–Crippen MR) is 73.3 cm³/mol. The van der Waals surface area contributed by atoms with Gasteiger partial charge in [-0.05, 0) is 17.5 Å². The summed E-state index contributed by atoms with van der Waals surface area (Å²) in [6.07, 6.45) is 0.146. The van der Waals surface area contributed by atoms with Crippen molar-refractivity contribution in [2.75, 3.05) is 12.8 Å². The van der Waals surface area contributed by atoms with Gasteiger partial charge in [-0.1, -0.05) is 32.0 Å². The van der Waals surface area contributed by atoms with Gasteiger partial charge < -0.3 is 15.8 Å². The molecule has 1 rings (SSSR count). The Morgan fingerprint density at radius 3 is 2.47 bits per heavy atom. The first-order valence-corrected chi connectivity index (χ1v) is 6.16. The lowest BCUT2D eigenvalue weighted by Gasteiger charge is -2.20. The minimum Gasteiger partial charge on any atom is -0.467 e. The van der Waals surface area contributed by atoms with Crippen LogP contribution in [-0.2, 0) is 20.7 Å². The van der Waals surface area contributed by atoms with Crippen LogP contribution in [0.2, 0.25) is 0 Å². The number of amides is 1. The van der Waals surface area contributed by atoms with Gasteiger partial charge in [-0.15, -0.1) is 0 Å². The zero-order chi connectivity index (χ0) is 14.4. The van der Waals surface area contributed by atoms with Crippen molar-refractivity contribution in [3.63, 3.8) is 0 Å². The van der Waals surface area contributed by atoms with Gasteiger partial charge in [0.25, 0.3) is 0 Å². The molecule has 1 aromatic carbocycles. The maximum Gasteiger partial charge on any atom is 0.328 e. The van der Waals surface area contributed by atoms with E-state index in [0.29, 0.717) is 5.69 Å². The number of hydrogen-bond acceptors (Lipinski definition) is 4. The van der Waals surface area contributed by atoms with E-state index in [1.165, 1.54) is 7.11 Å². The van der Waals surface area contributed by atoms with Crippen LogP contribution in [0.25, 0.3) is 0 Å². The molecule has 0 aromatic heterocycles. The van der Waals surface area contributed by atoms with Gasteiger partial charge in [0.1, 0.15) is 6.04 Å². The second-order valence-electron chi connectivity index (χ2n) is 4.69. The third-order valence-electron chi connectivity index (χ3n) is 2.84. The molecule has 1 unspecified atom stereocenters. The van der Waals surface area contributed by atoms with Crippen LogP contribution in [-0.4, -0.2) is 25.0 Å². The fourth-order valence-electron chi connectivity index (χ4n) is 1.72. The van der Waals surface area contributed by atoms with Crippen LogP contribution in [0, 0.1) is 5.92 Å². The molecule has 104 valence electrons. The molecule has 0 fully saturated rings. The average Bonchev–Trinajstić information content (AvgIpc) is 2.37. The number of rotatable bonds is 5. The first kappa shape index (κ1) is 15.0. The topological polar surface area (TPSA) is 81.4 Å². The zero-order valence-corrected chi connectivity index (χ0v) is 11.5. The Labute approximate surface area is 113 Å². The number of ether oxygens (including phenoxy) is 1. The Kier molecular flexibility index (Phi) is 5.36. The van der Waals surface area contributed by atoms with Crippen molar-refractivity contribution in [1.82, 2.24) is 5.32 Å². The summed E-state index contributed by atoms with van der Waals surface area (Å²) in [7, 11) is 1.30. The van der Waals surface area contributed by atoms with Crippen molar-refractivity contribution in [3.05, 3.63) is 29.8 Å². The number of nitrogens with one attached hydrogen (secondary N) is 1. The third-order valence-corrected chi connectivity index (χ3v) is 2.84. The maximum absolute atomic E-state index is 11.9. The van der Waals surface area contributed by atoms with Gasteiger partial charge in [0.2, 0.25) is 5.91 Å². The second-order valence-corrected chi connectivity index (χ2v) is 4.69. The highest BCUT2D eigenvalue weighted by Gasteiger charge is 2.24. The van der Waals surface area contributed by atoms with Gasteiger partial charge >= 0.3 is 5.97 Å². The molecule has 0 saturated carbocycles. The SMILES string of the molecule is COC(=O)C(NC(=O)Cc1ccccc1N)C(C)C. The lowest BCUT2D eigenvalue weighted by Crippen LogP contribution is -2.45. The van der Waals surface area contributed by atoms with Gasteiger partial charge in [0.15, 0.2) is 0 Å². The Hall–Kier alpha value is -2.04. The van der Waals surface area contributed by atoms with Crippen molar-refractivity contribution >= 4 is 17.6 Å². The van der Waals surface area contributed by atoms with Crippen LogP contribution in [0.4, 0.5) is 5.69 Å². The maximum atomic E-state index is 11.9. The van der Waals surface area contributed by atoms with Gasteiger partial charge in [0, 0.05) is 5.69 Å². The molecule has 19 heavy (non-hydrogen) atoms. The van der Waals surface area contributed by atoms with Crippen LogP contribution in [0.5, 0.6) is 0 Å². The minimum absolute atomic E-state index is 0.0375. The summed E-state index contributed by atoms with van der Waals surface area (Å²) in [6.45, 7) is 3.69. The average molecular weight is 264 g/mol. The van der Waals surface area contributed by atoms with E-state index in [9.17, 15) is 9.59 Å². The number of nitrogen functional groups attached to an aromatic ring is 1. The number of carbonyl (C=O) groups excluding carboxylic acids is 2. The Bertz CT molecular complexity index is 458. The van der Waals surface area contributed by atoms with Gasteiger partial charge in [-0.2, -0.15) is 0 Å². The van der Waals surface area contributed by atoms with Crippen LogP contribution < -0.4 is 11.1 Å². The Morgan fingerprint density at radius 1 is 1.32 bits per heavy atom. The summed E-state index contributed by atoms with van der Waals surface area (Å²) >= 11 is 0. The van der Waals surface area contributed by atoms with Crippen molar-refractivity contribution in [3.8, 4) is 0 Å². The number of nitrogens with two attached hydrogens (primary N) is 1. The summed E-state index contributed by atoms with van der Waals surface area (Å²) in [6, 6.07) is 6.52. The fraction of sp³-hybridized carbons (Fsp3) is 0.429. The molecule has 1 aromatic rings. The highest BCUT2D eigenvalue weighted by molar-refractivity contribution is 5.86. The Morgan fingerprint density at radius 2 is 1.95 bits per heavy atom. The quantitative estimate of drug-likeness (QED) is 0.617. The predicted octanol–water partition coefficient (Wildman–Crippen LogP) is 1.13. The standard InChI is InChI=1S/C14H20N2O3/c1-9(2)13(14(18)19-3)16-12(17)8-10-6-4-5-7-11(10)15/h4-7,9,13H,8,15H2,1-3H3,(H,16,17). The van der Waals surface area contributed by atoms with Crippen molar-refractivity contribution in [2.45, 2.75) is 26.3 Å². The van der Waals surface area contributed by atoms with E-state index in [2.05, 4.69) is 10.1 Å². The molecule has 0 aliphatic rings. The van der Waals surface area contributed by atoms with E-state index < -0.39 is 12.0 Å². The lowest BCUT2D eigenvalue weighted by molar-refractivity contribution is -0.146. The van der Waals surface area contributed by atoms with Crippen molar-refractivity contribution in [2.24, 2.45) is 5.92 Å². The summed E-state index contributed by atoms with van der Waals surface area (Å²) in [5.74, 6) is -0.726. The summed E-state index contributed by atoms with van der Waals surface area (Å²) in [5, 5.41) is 2.67.